The Morgan fingerprint density at radius 3 is 2.26 bits per heavy atom. The van der Waals surface area contributed by atoms with Crippen LogP contribution in [0.2, 0.25) is 0 Å². The normalized spacial score (nSPS) is 16.8. The zero-order valence-electron chi connectivity index (χ0n) is 15.8. The van der Waals surface area contributed by atoms with Crippen LogP contribution in [0.3, 0.4) is 0 Å². The number of hydrogen-bond acceptors (Lipinski definition) is 4. The molecule has 3 rings (SSSR count). The number of piperidine rings is 1. The Hall–Kier alpha value is -1.89. The van der Waals surface area contributed by atoms with E-state index in [9.17, 15) is 13.5 Å². The smallest absolute Gasteiger partial charge is 0.264 e. The van der Waals surface area contributed by atoms with Crippen molar-refractivity contribution in [2.45, 2.75) is 37.2 Å². The number of para-hydroxylation sites is 1. The molecule has 0 spiro atoms. The maximum Gasteiger partial charge on any atom is 0.264 e. The third kappa shape index (κ3) is 5.09. The van der Waals surface area contributed by atoms with E-state index in [0.29, 0.717) is 12.2 Å². The molecule has 1 saturated heterocycles. The number of aliphatic hydroxyl groups excluding tert-OH is 1. The first-order chi connectivity index (χ1) is 13.0. The van der Waals surface area contributed by atoms with Crippen LogP contribution < -0.4 is 4.31 Å². The topological polar surface area (TPSA) is 60.9 Å². The van der Waals surface area contributed by atoms with Crippen LogP contribution >= 0.6 is 0 Å². The number of likely N-dealkylation sites (tertiary alicyclic amines) is 1. The quantitative estimate of drug-likeness (QED) is 0.792. The van der Waals surface area contributed by atoms with Crippen LogP contribution in [-0.2, 0) is 10.0 Å². The molecular formula is C21H28N2O3S. The molecule has 27 heavy (non-hydrogen) atoms. The Balaban J connectivity index is 1.83. The average Bonchev–Trinajstić information content (AvgIpc) is 2.68. The van der Waals surface area contributed by atoms with Crippen LogP contribution in [0.5, 0.6) is 0 Å². The van der Waals surface area contributed by atoms with Crippen molar-refractivity contribution in [3.63, 3.8) is 0 Å². The van der Waals surface area contributed by atoms with Gasteiger partial charge in [0.2, 0.25) is 0 Å². The van der Waals surface area contributed by atoms with Gasteiger partial charge in [0.25, 0.3) is 10.0 Å². The third-order valence-electron chi connectivity index (χ3n) is 4.95. The molecule has 2 aromatic carbocycles. The van der Waals surface area contributed by atoms with Gasteiger partial charge < -0.3 is 10.0 Å². The highest BCUT2D eigenvalue weighted by atomic mass is 32.2. The summed E-state index contributed by atoms with van der Waals surface area (Å²) >= 11 is 0. The second kappa shape index (κ2) is 8.87. The first-order valence-corrected chi connectivity index (χ1v) is 11.0. The minimum Gasteiger partial charge on any atom is -0.390 e. The molecule has 6 heteroatoms. The van der Waals surface area contributed by atoms with Crippen molar-refractivity contribution in [2.75, 3.05) is 30.5 Å². The Morgan fingerprint density at radius 1 is 1.00 bits per heavy atom. The average molecular weight is 389 g/mol. The van der Waals surface area contributed by atoms with E-state index < -0.39 is 16.1 Å². The largest absolute Gasteiger partial charge is 0.390 e. The van der Waals surface area contributed by atoms with Gasteiger partial charge in [-0.05, 0) is 57.1 Å². The summed E-state index contributed by atoms with van der Waals surface area (Å²) in [7, 11) is -3.75. The van der Waals surface area contributed by atoms with E-state index in [1.807, 2.05) is 25.1 Å². The molecule has 1 aliphatic rings. The summed E-state index contributed by atoms with van der Waals surface area (Å²) < 4.78 is 27.9. The van der Waals surface area contributed by atoms with E-state index in [2.05, 4.69) is 4.90 Å². The third-order valence-corrected chi connectivity index (χ3v) is 6.76. The molecular weight excluding hydrogens is 360 g/mol. The van der Waals surface area contributed by atoms with E-state index in [-0.39, 0.29) is 11.4 Å². The summed E-state index contributed by atoms with van der Waals surface area (Å²) in [5.41, 5.74) is 1.57. The van der Waals surface area contributed by atoms with Crippen molar-refractivity contribution in [1.29, 1.82) is 0 Å². The first kappa shape index (κ1) is 19.9. The molecule has 0 unspecified atom stereocenters. The Bertz CT molecular complexity index is 816. The number of hydrogen-bond donors (Lipinski definition) is 1. The van der Waals surface area contributed by atoms with Gasteiger partial charge in [-0.2, -0.15) is 0 Å². The molecule has 1 fully saturated rings. The van der Waals surface area contributed by atoms with Gasteiger partial charge in [-0.1, -0.05) is 42.3 Å². The number of benzene rings is 2. The number of rotatable bonds is 7. The second-order valence-corrected chi connectivity index (χ2v) is 9.06. The lowest BCUT2D eigenvalue weighted by Crippen LogP contribution is -2.44. The summed E-state index contributed by atoms with van der Waals surface area (Å²) in [6.07, 6.45) is 2.75. The zero-order chi connectivity index (χ0) is 19.3. The molecule has 0 aromatic heterocycles. The summed E-state index contributed by atoms with van der Waals surface area (Å²) in [6.45, 7) is 4.39. The highest BCUT2D eigenvalue weighted by molar-refractivity contribution is 7.92. The number of β-amino-alcohol motifs (C(OH)–C–C–N with tert-alkyl or cyclic N) is 1. The minimum atomic E-state index is -3.75. The van der Waals surface area contributed by atoms with E-state index in [0.717, 1.165) is 31.5 Å². The number of aryl methyl sites for hydroxylation is 1. The molecule has 0 saturated carbocycles. The fourth-order valence-electron chi connectivity index (χ4n) is 3.46. The van der Waals surface area contributed by atoms with Gasteiger partial charge in [0.1, 0.15) is 0 Å². The molecule has 0 radical (unpaired) electrons. The van der Waals surface area contributed by atoms with Crippen molar-refractivity contribution in [3.8, 4) is 0 Å². The van der Waals surface area contributed by atoms with Gasteiger partial charge in [0.05, 0.1) is 23.2 Å². The fourth-order valence-corrected chi connectivity index (χ4v) is 4.97. The van der Waals surface area contributed by atoms with E-state index in [4.69, 9.17) is 0 Å². The second-order valence-electron chi connectivity index (χ2n) is 7.20. The fraction of sp³-hybridized carbons (Fsp3) is 0.429. The van der Waals surface area contributed by atoms with Crippen LogP contribution in [-0.4, -0.2) is 50.7 Å². The molecule has 1 N–H and O–H groups in total. The molecule has 0 aliphatic carbocycles. The minimum absolute atomic E-state index is 0.0384. The SMILES string of the molecule is Cc1ccc(S(=O)(=O)N(C[C@H](O)CN2CCCCC2)c2ccccc2)cc1. The summed E-state index contributed by atoms with van der Waals surface area (Å²) in [5.74, 6) is 0. The first-order valence-electron chi connectivity index (χ1n) is 9.52. The molecule has 2 aromatic rings. The van der Waals surface area contributed by atoms with Crippen molar-refractivity contribution >= 4 is 15.7 Å². The van der Waals surface area contributed by atoms with Crippen LogP contribution in [0.25, 0.3) is 0 Å². The molecule has 1 aliphatic heterocycles. The molecule has 1 atom stereocenters. The molecule has 0 bridgehead atoms. The molecule has 0 amide bonds. The lowest BCUT2D eigenvalue weighted by Gasteiger charge is -2.31. The van der Waals surface area contributed by atoms with Crippen molar-refractivity contribution in [3.05, 3.63) is 60.2 Å². The van der Waals surface area contributed by atoms with E-state index in [1.54, 1.807) is 36.4 Å². The Morgan fingerprint density at radius 2 is 1.63 bits per heavy atom. The van der Waals surface area contributed by atoms with Gasteiger partial charge in [0, 0.05) is 6.54 Å². The number of aliphatic hydroxyl groups is 1. The molecule has 1 heterocycles. The van der Waals surface area contributed by atoms with Gasteiger partial charge in [0.15, 0.2) is 0 Å². The van der Waals surface area contributed by atoms with Crippen molar-refractivity contribution in [1.82, 2.24) is 4.90 Å². The maximum absolute atomic E-state index is 13.3. The van der Waals surface area contributed by atoms with Gasteiger partial charge in [-0.25, -0.2) is 8.42 Å². The van der Waals surface area contributed by atoms with Crippen LogP contribution in [0.15, 0.2) is 59.5 Å². The molecule has 146 valence electrons. The zero-order valence-corrected chi connectivity index (χ0v) is 16.6. The van der Waals surface area contributed by atoms with Crippen molar-refractivity contribution < 1.29 is 13.5 Å². The monoisotopic (exact) mass is 388 g/mol. The standard InChI is InChI=1S/C21H28N2O3S/c1-18-10-12-21(13-11-18)27(25,26)23(19-8-4-2-5-9-19)17-20(24)16-22-14-6-3-7-15-22/h2,4-5,8-13,20,24H,3,6-7,14-17H2,1H3/t20-/m1/s1. The van der Waals surface area contributed by atoms with Crippen LogP contribution in [0.1, 0.15) is 24.8 Å². The number of sulfonamides is 1. The van der Waals surface area contributed by atoms with E-state index in [1.165, 1.54) is 10.7 Å². The van der Waals surface area contributed by atoms with E-state index >= 15 is 0 Å². The predicted octanol–water partition coefficient (Wildman–Crippen LogP) is 3.04. The Kier molecular flexibility index (Phi) is 6.52. The molecule has 5 nitrogen and oxygen atoms in total. The number of anilines is 1. The highest BCUT2D eigenvalue weighted by Gasteiger charge is 2.28. The highest BCUT2D eigenvalue weighted by Crippen LogP contribution is 2.24. The lowest BCUT2D eigenvalue weighted by atomic mass is 10.1. The lowest BCUT2D eigenvalue weighted by molar-refractivity contribution is 0.107. The summed E-state index contributed by atoms with van der Waals surface area (Å²) in [5, 5.41) is 10.6. The van der Waals surface area contributed by atoms with Crippen LogP contribution in [0.4, 0.5) is 5.69 Å². The van der Waals surface area contributed by atoms with Gasteiger partial charge in [-0.3, -0.25) is 4.31 Å². The van der Waals surface area contributed by atoms with Crippen LogP contribution in [0, 0.1) is 6.92 Å². The number of nitrogens with zero attached hydrogens (tertiary/aromatic N) is 2. The Labute approximate surface area is 162 Å². The predicted molar refractivity (Wildman–Crippen MR) is 108 cm³/mol. The van der Waals surface area contributed by atoms with Crippen molar-refractivity contribution in [2.24, 2.45) is 0 Å². The maximum atomic E-state index is 13.3. The van der Waals surface area contributed by atoms with Gasteiger partial charge >= 0.3 is 0 Å². The summed E-state index contributed by atoms with van der Waals surface area (Å²) in [6, 6.07) is 15.8. The summed E-state index contributed by atoms with van der Waals surface area (Å²) in [4.78, 5) is 2.46. The van der Waals surface area contributed by atoms with Gasteiger partial charge in [-0.15, -0.1) is 0 Å².